The fourth-order valence-electron chi connectivity index (χ4n) is 3.48. The molecule has 0 aliphatic carbocycles. The average molecular weight is 436 g/mol. The van der Waals surface area contributed by atoms with Crippen molar-refractivity contribution in [1.82, 2.24) is 4.98 Å². The molecule has 30 heavy (non-hydrogen) atoms. The number of sulfonamides is 1. The van der Waals surface area contributed by atoms with E-state index in [1.54, 1.807) is 6.07 Å². The van der Waals surface area contributed by atoms with Gasteiger partial charge in [0.25, 0.3) is 10.0 Å². The largest absolute Gasteiger partial charge is 0.497 e. The minimum Gasteiger partial charge on any atom is -0.497 e. The van der Waals surface area contributed by atoms with E-state index in [-0.39, 0.29) is 21.9 Å². The number of benzene rings is 1. The Balaban J connectivity index is 2.06. The highest BCUT2D eigenvalue weighted by Gasteiger charge is 2.26. The highest BCUT2D eigenvalue weighted by molar-refractivity contribution is 7.92. The third-order valence-electron chi connectivity index (χ3n) is 4.97. The van der Waals surface area contributed by atoms with Gasteiger partial charge in [0.2, 0.25) is 0 Å². The molecule has 9 nitrogen and oxygen atoms in total. The lowest BCUT2D eigenvalue weighted by Crippen LogP contribution is -2.35. The van der Waals surface area contributed by atoms with Crippen LogP contribution in [0.4, 0.5) is 11.5 Å². The first-order valence-corrected chi connectivity index (χ1v) is 11.0. The molecule has 1 fully saturated rings. The molecule has 0 spiro atoms. The summed E-state index contributed by atoms with van der Waals surface area (Å²) in [5.74, 6) is 0.109. The van der Waals surface area contributed by atoms with Gasteiger partial charge in [-0.15, -0.1) is 0 Å². The number of methoxy groups -OCH3 is 2. The van der Waals surface area contributed by atoms with Gasteiger partial charge in [0.1, 0.15) is 16.4 Å². The van der Waals surface area contributed by atoms with Gasteiger partial charge in [-0.2, -0.15) is 0 Å². The predicted molar refractivity (Wildman–Crippen MR) is 112 cm³/mol. The summed E-state index contributed by atoms with van der Waals surface area (Å²) in [4.78, 5) is 17.6. The number of aromatic nitrogens is 1. The van der Waals surface area contributed by atoms with Crippen LogP contribution in [0.3, 0.4) is 0 Å². The van der Waals surface area contributed by atoms with Crippen LogP contribution in [0.2, 0.25) is 0 Å². The molecule has 0 unspecified atom stereocenters. The summed E-state index contributed by atoms with van der Waals surface area (Å²) in [6.07, 6.45) is 3.26. The Morgan fingerprint density at radius 1 is 1.27 bits per heavy atom. The summed E-state index contributed by atoms with van der Waals surface area (Å²) >= 11 is 0. The molecule has 162 valence electrons. The smallest absolute Gasteiger partial charge is 0.337 e. The Bertz CT molecular complexity index is 1040. The molecular formula is C20H25N3O6S. The Morgan fingerprint density at radius 3 is 2.67 bits per heavy atom. The molecule has 0 saturated carbocycles. The predicted octanol–water partition coefficient (Wildman–Crippen LogP) is 2.83. The third-order valence-corrected chi connectivity index (χ3v) is 6.36. The van der Waals surface area contributed by atoms with Crippen LogP contribution in [0.15, 0.2) is 35.4 Å². The fraction of sp³-hybridized carbons (Fsp3) is 0.400. The molecule has 1 aromatic carbocycles. The number of aromatic carboxylic acids is 1. The monoisotopic (exact) mass is 435 g/mol. The van der Waals surface area contributed by atoms with Crippen LogP contribution in [0.5, 0.6) is 11.5 Å². The van der Waals surface area contributed by atoms with Gasteiger partial charge < -0.3 is 19.5 Å². The minimum atomic E-state index is -4.12. The molecule has 0 amide bonds. The molecule has 0 radical (unpaired) electrons. The first kappa shape index (κ1) is 21.7. The van der Waals surface area contributed by atoms with Gasteiger partial charge >= 0.3 is 5.97 Å². The number of carboxylic acids is 1. The van der Waals surface area contributed by atoms with Crippen LogP contribution < -0.4 is 19.1 Å². The summed E-state index contributed by atoms with van der Waals surface area (Å²) in [7, 11) is -1.32. The number of ether oxygens (including phenoxy) is 2. The minimum absolute atomic E-state index is 0.105. The van der Waals surface area contributed by atoms with Crippen LogP contribution in [0.25, 0.3) is 0 Å². The van der Waals surface area contributed by atoms with E-state index in [4.69, 9.17) is 9.47 Å². The number of anilines is 2. The molecular weight excluding hydrogens is 410 g/mol. The molecule has 1 atom stereocenters. The zero-order chi connectivity index (χ0) is 21.9. The maximum absolute atomic E-state index is 13.2. The molecule has 0 bridgehead atoms. The SMILES string of the molecule is COc1ccc(OC)c(S(=O)(=O)Nc2cc(C(=O)O)cnc2N2CCC[C@H](C)C2)c1. The van der Waals surface area contributed by atoms with Crippen LogP contribution in [-0.4, -0.2) is 51.8 Å². The van der Waals surface area contributed by atoms with Crippen molar-refractivity contribution in [3.8, 4) is 11.5 Å². The molecule has 2 aromatic rings. The Kier molecular flexibility index (Phi) is 6.35. The maximum Gasteiger partial charge on any atom is 0.337 e. The first-order chi connectivity index (χ1) is 14.2. The number of nitrogens with one attached hydrogen (secondary N) is 1. The van der Waals surface area contributed by atoms with Gasteiger partial charge in [0.15, 0.2) is 5.82 Å². The number of rotatable bonds is 7. The zero-order valence-corrected chi connectivity index (χ0v) is 17.9. The molecule has 2 N–H and O–H groups in total. The normalized spacial score (nSPS) is 16.8. The van der Waals surface area contributed by atoms with Crippen LogP contribution in [0, 0.1) is 5.92 Å². The molecule has 1 aliphatic rings. The number of hydrogen-bond donors (Lipinski definition) is 2. The van der Waals surface area contributed by atoms with Crippen molar-refractivity contribution in [3.63, 3.8) is 0 Å². The summed E-state index contributed by atoms with van der Waals surface area (Å²) in [6, 6.07) is 5.71. The van der Waals surface area contributed by atoms with E-state index in [0.717, 1.165) is 12.8 Å². The van der Waals surface area contributed by atoms with Crippen molar-refractivity contribution in [3.05, 3.63) is 36.0 Å². The van der Waals surface area contributed by atoms with E-state index >= 15 is 0 Å². The Labute approximate surface area is 175 Å². The van der Waals surface area contributed by atoms with Crippen LogP contribution >= 0.6 is 0 Å². The second kappa shape index (κ2) is 8.78. The van der Waals surface area contributed by atoms with Crippen molar-refractivity contribution < 1.29 is 27.8 Å². The molecule has 1 aromatic heterocycles. The number of hydrogen-bond acceptors (Lipinski definition) is 7. The summed E-state index contributed by atoms with van der Waals surface area (Å²) in [6.45, 7) is 3.53. The summed E-state index contributed by atoms with van der Waals surface area (Å²) in [5.41, 5.74) is -0.00649. The Morgan fingerprint density at radius 2 is 2.03 bits per heavy atom. The molecule has 1 aliphatic heterocycles. The topological polar surface area (TPSA) is 118 Å². The van der Waals surface area contributed by atoms with Gasteiger partial charge in [-0.3, -0.25) is 4.72 Å². The number of nitrogens with zero attached hydrogens (tertiary/aromatic N) is 2. The standard InChI is InChI=1S/C20H25N3O6S/c1-13-5-4-8-23(12-13)19-16(9-14(11-21-19)20(24)25)22-30(26,27)18-10-15(28-2)6-7-17(18)29-3/h6-7,9-11,13,22H,4-5,8,12H2,1-3H3,(H,24,25)/t13-/m0/s1. The lowest BCUT2D eigenvalue weighted by atomic mass is 10.0. The van der Waals surface area contributed by atoms with E-state index in [1.165, 1.54) is 38.6 Å². The van der Waals surface area contributed by atoms with Gasteiger partial charge in [-0.25, -0.2) is 18.2 Å². The van der Waals surface area contributed by atoms with Gasteiger partial charge in [-0.05, 0) is 37.0 Å². The highest BCUT2D eigenvalue weighted by atomic mass is 32.2. The number of carbonyl (C=O) groups is 1. The number of carboxylic acid groups (broad SMARTS) is 1. The van der Waals surface area contributed by atoms with Crippen molar-refractivity contribution in [1.29, 1.82) is 0 Å². The Hall–Kier alpha value is -3.01. The molecule has 10 heteroatoms. The van der Waals surface area contributed by atoms with E-state index in [2.05, 4.69) is 16.6 Å². The number of pyridine rings is 1. The fourth-order valence-corrected chi connectivity index (χ4v) is 4.71. The second-order valence-electron chi connectivity index (χ2n) is 7.22. The highest BCUT2D eigenvalue weighted by Crippen LogP contribution is 2.33. The van der Waals surface area contributed by atoms with E-state index in [9.17, 15) is 18.3 Å². The van der Waals surface area contributed by atoms with E-state index in [1.807, 2.05) is 4.90 Å². The second-order valence-corrected chi connectivity index (χ2v) is 8.87. The van der Waals surface area contributed by atoms with E-state index < -0.39 is 16.0 Å². The summed E-state index contributed by atoms with van der Waals surface area (Å²) < 4.78 is 39.2. The van der Waals surface area contributed by atoms with Gasteiger partial charge in [0, 0.05) is 25.4 Å². The maximum atomic E-state index is 13.2. The zero-order valence-electron chi connectivity index (χ0n) is 17.1. The number of piperidine rings is 1. The third kappa shape index (κ3) is 4.59. The van der Waals surface area contributed by atoms with Crippen molar-refractivity contribution in [2.24, 2.45) is 5.92 Å². The van der Waals surface area contributed by atoms with Crippen molar-refractivity contribution >= 4 is 27.5 Å². The van der Waals surface area contributed by atoms with Gasteiger partial charge in [-0.1, -0.05) is 6.92 Å². The van der Waals surface area contributed by atoms with Crippen molar-refractivity contribution in [2.45, 2.75) is 24.7 Å². The summed E-state index contributed by atoms with van der Waals surface area (Å²) in [5, 5.41) is 9.35. The lowest BCUT2D eigenvalue weighted by Gasteiger charge is -2.33. The van der Waals surface area contributed by atoms with E-state index in [0.29, 0.717) is 30.6 Å². The van der Waals surface area contributed by atoms with Crippen molar-refractivity contribution in [2.75, 3.05) is 36.9 Å². The van der Waals surface area contributed by atoms with Gasteiger partial charge in [0.05, 0.1) is 25.5 Å². The molecule has 1 saturated heterocycles. The molecule has 3 rings (SSSR count). The first-order valence-electron chi connectivity index (χ1n) is 9.48. The average Bonchev–Trinajstić information content (AvgIpc) is 2.72. The lowest BCUT2D eigenvalue weighted by molar-refractivity contribution is 0.0696. The van der Waals surface area contributed by atoms with Crippen LogP contribution in [0.1, 0.15) is 30.1 Å². The quantitative estimate of drug-likeness (QED) is 0.682. The van der Waals surface area contributed by atoms with Crippen LogP contribution in [-0.2, 0) is 10.0 Å². The molecule has 2 heterocycles.